The summed E-state index contributed by atoms with van der Waals surface area (Å²) in [6.45, 7) is 17.8. The smallest absolute Gasteiger partial charge is 0.297 e. The molecule has 0 radical (unpaired) electrons. The average Bonchev–Trinajstić information content (AvgIpc) is 3.86. The van der Waals surface area contributed by atoms with Crippen LogP contribution in [0, 0.1) is 0 Å². The van der Waals surface area contributed by atoms with Crippen LogP contribution in [-0.2, 0) is 59.9 Å². The third-order valence-electron chi connectivity index (χ3n) is 13.1. The van der Waals surface area contributed by atoms with E-state index in [0.717, 1.165) is 94.7 Å². The van der Waals surface area contributed by atoms with Gasteiger partial charge in [-0.15, -0.1) is 20.5 Å². The molecular weight excluding hydrogens is 1010 g/mol. The largest absolute Gasteiger partial charge is 0.371 e. The van der Waals surface area contributed by atoms with Gasteiger partial charge in [0.1, 0.15) is 21.2 Å². The fourth-order valence-electron chi connectivity index (χ4n) is 10.1. The minimum Gasteiger partial charge on any atom is -0.371 e. The molecule has 0 saturated heterocycles. The molecule has 10 rings (SSSR count). The van der Waals surface area contributed by atoms with Gasteiger partial charge in [-0.2, -0.15) is 16.8 Å². The van der Waals surface area contributed by atoms with E-state index in [2.05, 4.69) is 113 Å². The van der Waals surface area contributed by atoms with Crippen molar-refractivity contribution in [3.63, 3.8) is 0 Å². The Labute approximate surface area is 408 Å². The molecule has 0 amide bonds. The summed E-state index contributed by atoms with van der Waals surface area (Å²) in [4.78, 5) is 13.4. The first kappa shape index (κ1) is 48.4. The van der Waals surface area contributed by atoms with Crippen molar-refractivity contribution >= 4 is 96.4 Å². The van der Waals surface area contributed by atoms with E-state index in [9.17, 15) is 25.9 Å². The second-order valence-electron chi connectivity index (χ2n) is 18.8. The van der Waals surface area contributed by atoms with Crippen LogP contribution in [0.5, 0.6) is 0 Å². The van der Waals surface area contributed by atoms with Crippen molar-refractivity contribution < 1.29 is 46.4 Å². The predicted octanol–water partition coefficient (Wildman–Crippen LogP) is 12.9. The number of aromatic nitrogens is 2. The van der Waals surface area contributed by atoms with Gasteiger partial charge >= 0.3 is 0 Å². The quantitative estimate of drug-likeness (QED) is 0.0842. The van der Waals surface area contributed by atoms with Gasteiger partial charge in [0.05, 0.1) is 20.4 Å². The first-order valence-corrected chi connectivity index (χ1v) is 26.8. The molecule has 0 spiro atoms. The van der Waals surface area contributed by atoms with Crippen LogP contribution >= 0.6 is 22.7 Å². The van der Waals surface area contributed by atoms with E-state index in [4.69, 9.17) is 0 Å². The molecule has 4 aliphatic heterocycles. The molecule has 6 heterocycles. The van der Waals surface area contributed by atoms with Crippen molar-refractivity contribution in [1.29, 1.82) is 0 Å². The summed E-state index contributed by atoms with van der Waals surface area (Å²) in [5, 5.41) is 18.1. The minimum atomic E-state index is -4.50. The second-order valence-corrected chi connectivity index (χ2v) is 23.6. The molecule has 0 aliphatic carbocycles. The van der Waals surface area contributed by atoms with Gasteiger partial charge in [0, 0.05) is 57.0 Å². The number of hydrogen-bond donors (Lipinski definition) is 2. The first-order valence-electron chi connectivity index (χ1n) is 22.3. The van der Waals surface area contributed by atoms with E-state index in [1.807, 2.05) is 12.1 Å². The van der Waals surface area contributed by atoms with Crippen LogP contribution in [0.1, 0.15) is 125 Å². The van der Waals surface area contributed by atoms with Crippen LogP contribution in [0.4, 0.5) is 33.0 Å². The number of hydrogen-bond acceptors (Lipinski definition) is 14. The number of rotatable bonds is 8. The second kappa shape index (κ2) is 18.4. The number of fused-ring (bicyclic) bond motifs is 2. The molecule has 352 valence electrons. The van der Waals surface area contributed by atoms with Crippen molar-refractivity contribution in [1.82, 2.24) is 9.97 Å². The van der Waals surface area contributed by atoms with Crippen LogP contribution in [0.3, 0.4) is 0 Å². The molecule has 14 nitrogen and oxygen atoms in total. The van der Waals surface area contributed by atoms with Gasteiger partial charge in [-0.25, -0.2) is 9.97 Å². The number of aryl methyl sites for hydroxylation is 1. The van der Waals surface area contributed by atoms with Crippen LogP contribution in [0.15, 0.2) is 78.8 Å². The standard InChI is InChI=1S/C25H30N4O3S2.C22H24N4O3S2.Pd/c1-14(2)16-8-9-19-21(11-16)33-24(26-19)28-27-20-12-18-15(3)13-25(4,5)29-10-6-7-17(22(18)29)23(20)34(30,31)32;1-13(2)14-7-8-17-19(12-14)30-22(23-17)25-24-18-11-15-5-3-9-26-10-4-6-16(20(15)26)21(18)31(27,28)29;/h8-9,11-12,14-15H,6-7,10,13H2,1-5H3,(H,30,31,32);7-8,11-13H,3-6,9-10H2,1-2H3,(H,27,28,29);. The fraction of sp³-hybridized carbons (Fsp3) is 0.447. The van der Waals surface area contributed by atoms with Crippen LogP contribution < -0.4 is 9.80 Å². The summed E-state index contributed by atoms with van der Waals surface area (Å²) >= 11 is 2.84. The maximum atomic E-state index is 12.6. The topological polar surface area (TPSA) is 190 Å². The van der Waals surface area contributed by atoms with Gasteiger partial charge in [-0.05, 0) is 146 Å². The Morgan fingerprint density at radius 1 is 0.682 bits per heavy atom. The maximum absolute atomic E-state index is 12.6. The van der Waals surface area contributed by atoms with Crippen molar-refractivity contribution in [2.75, 3.05) is 29.4 Å². The Kier molecular flexibility index (Phi) is 13.5. The summed E-state index contributed by atoms with van der Waals surface area (Å²) < 4.78 is 72.1. The number of thiazole rings is 2. The Bertz CT molecular complexity index is 3160. The van der Waals surface area contributed by atoms with Gasteiger partial charge in [-0.1, -0.05) is 69.4 Å². The Balaban J connectivity index is 0.000000177. The van der Waals surface area contributed by atoms with E-state index in [1.165, 1.54) is 33.8 Å². The third kappa shape index (κ3) is 9.39. The third-order valence-corrected chi connectivity index (χ3v) is 16.8. The van der Waals surface area contributed by atoms with Crippen LogP contribution in [0.2, 0.25) is 0 Å². The average molecular weight is 1060 g/mol. The normalized spacial score (nSPS) is 18.0. The number of benzene rings is 4. The molecule has 4 aromatic carbocycles. The number of anilines is 2. The van der Waals surface area contributed by atoms with Crippen LogP contribution in [0.25, 0.3) is 20.4 Å². The van der Waals surface area contributed by atoms with E-state index < -0.39 is 20.2 Å². The first-order chi connectivity index (χ1) is 30.8. The Morgan fingerprint density at radius 3 is 1.68 bits per heavy atom. The van der Waals surface area contributed by atoms with Crippen molar-refractivity contribution in [2.45, 2.75) is 126 Å². The summed E-state index contributed by atoms with van der Waals surface area (Å²) in [6.07, 6.45) is 5.71. The molecule has 66 heavy (non-hydrogen) atoms. The molecule has 0 saturated carbocycles. The van der Waals surface area contributed by atoms with Crippen molar-refractivity contribution in [3.8, 4) is 0 Å². The zero-order chi connectivity index (χ0) is 46.2. The zero-order valence-electron chi connectivity index (χ0n) is 38.0. The predicted molar refractivity (Wildman–Crippen MR) is 260 cm³/mol. The molecule has 0 fully saturated rings. The number of nitrogens with zero attached hydrogens (tertiary/aromatic N) is 8. The van der Waals surface area contributed by atoms with Gasteiger partial charge in [0.2, 0.25) is 10.3 Å². The molecule has 1 atom stereocenters. The Hall–Kier alpha value is -4.06. The van der Waals surface area contributed by atoms with Gasteiger partial charge in [-0.3, -0.25) is 9.11 Å². The minimum absolute atomic E-state index is 0. The van der Waals surface area contributed by atoms with Crippen molar-refractivity contribution in [3.05, 3.63) is 81.9 Å². The molecule has 2 N–H and O–H groups in total. The van der Waals surface area contributed by atoms with Gasteiger partial charge in [0.25, 0.3) is 20.2 Å². The van der Waals surface area contributed by atoms with E-state index in [-0.39, 0.29) is 53.0 Å². The van der Waals surface area contributed by atoms with Crippen molar-refractivity contribution in [2.24, 2.45) is 20.5 Å². The van der Waals surface area contributed by atoms with Gasteiger partial charge < -0.3 is 9.80 Å². The molecule has 2 aromatic heterocycles. The molecule has 4 aliphatic rings. The summed E-state index contributed by atoms with van der Waals surface area (Å²) in [7, 11) is -8.94. The fourth-order valence-corrected chi connectivity index (χ4v) is 13.6. The van der Waals surface area contributed by atoms with E-state index >= 15 is 0 Å². The Morgan fingerprint density at radius 2 is 1.17 bits per heavy atom. The molecule has 19 heteroatoms. The number of azo groups is 2. The van der Waals surface area contributed by atoms with E-state index in [1.54, 1.807) is 12.1 Å². The molecule has 0 bridgehead atoms. The monoisotopic (exact) mass is 1060 g/mol. The molecular formula is C47H54N8O6PdS4. The summed E-state index contributed by atoms with van der Waals surface area (Å²) in [6, 6.07) is 15.9. The van der Waals surface area contributed by atoms with Gasteiger partial charge in [0.15, 0.2) is 0 Å². The maximum Gasteiger partial charge on any atom is 0.297 e. The zero-order valence-corrected chi connectivity index (χ0v) is 42.8. The molecule has 6 aromatic rings. The van der Waals surface area contributed by atoms with E-state index in [0.29, 0.717) is 46.1 Å². The summed E-state index contributed by atoms with van der Waals surface area (Å²) in [5.74, 6) is 1.06. The molecule has 1 unspecified atom stereocenters. The SMILES string of the molecule is CC(C)c1ccc2nc(N=Nc3cc4c5c(c3S(=O)(=O)O)CCCN5C(C)(C)CC4C)sc2c1.CC(C)c1ccc2nc(N=Nc3cc4c5c(c3S(=O)(=O)O)CCCN5CCC4)sc2c1.[Pd]. The summed E-state index contributed by atoms with van der Waals surface area (Å²) in [5.41, 5.74) is 9.82. The van der Waals surface area contributed by atoms with Crippen LogP contribution in [-0.4, -0.2) is 61.1 Å².